The molecule has 57 heavy (non-hydrogen) atoms. The normalized spacial score (nSPS) is 11.8. The average molecular weight is 767 g/mol. The van der Waals surface area contributed by atoms with Gasteiger partial charge in [0.25, 0.3) is 0 Å². The van der Waals surface area contributed by atoms with Gasteiger partial charge < -0.3 is 0 Å². The number of thiophene rings is 2. The molecule has 0 spiro atoms. The third-order valence-electron chi connectivity index (χ3n) is 10.3. The SMILES string of the molecule is C=C(N=C(c1ccc(-c2ccccc2)cc1)c1sc2ccccc2c1C)c1cccc2c1sc1ccc(-c3nc(-c4ccccc4)nc(-c4ccccc4)n3)cc12. The lowest BCUT2D eigenvalue weighted by molar-refractivity contribution is 1.07. The lowest BCUT2D eigenvalue weighted by atomic mass is 9.99. The monoisotopic (exact) mass is 766 g/mol. The molecule has 6 heteroatoms. The van der Waals surface area contributed by atoms with Gasteiger partial charge in [0, 0.05) is 52.7 Å². The molecule has 0 aliphatic carbocycles. The summed E-state index contributed by atoms with van der Waals surface area (Å²) in [6, 6.07) is 61.0. The second-order valence-corrected chi connectivity index (χ2v) is 16.0. The van der Waals surface area contributed by atoms with Gasteiger partial charge in [0.2, 0.25) is 0 Å². The van der Waals surface area contributed by atoms with Crippen molar-refractivity contribution in [2.75, 3.05) is 0 Å². The van der Waals surface area contributed by atoms with E-state index in [0.29, 0.717) is 17.5 Å². The molecular weight excluding hydrogens is 733 g/mol. The summed E-state index contributed by atoms with van der Waals surface area (Å²) < 4.78 is 3.57. The zero-order chi connectivity index (χ0) is 38.3. The highest BCUT2D eigenvalue weighted by molar-refractivity contribution is 7.26. The van der Waals surface area contributed by atoms with Crippen molar-refractivity contribution in [2.24, 2.45) is 4.99 Å². The molecule has 0 bridgehead atoms. The van der Waals surface area contributed by atoms with Gasteiger partial charge >= 0.3 is 0 Å². The van der Waals surface area contributed by atoms with Gasteiger partial charge in [-0.1, -0.05) is 158 Å². The molecule has 7 aromatic carbocycles. The number of benzene rings is 7. The number of rotatable bonds is 8. The first-order valence-corrected chi connectivity index (χ1v) is 20.5. The molecule has 0 saturated heterocycles. The summed E-state index contributed by atoms with van der Waals surface area (Å²) in [7, 11) is 0. The predicted octanol–water partition coefficient (Wildman–Crippen LogP) is 13.9. The van der Waals surface area contributed by atoms with E-state index in [-0.39, 0.29) is 0 Å². The van der Waals surface area contributed by atoms with E-state index in [1.54, 1.807) is 22.7 Å². The Bertz CT molecular complexity index is 3070. The Balaban J connectivity index is 1.08. The van der Waals surface area contributed by atoms with Crippen LogP contribution in [0.2, 0.25) is 0 Å². The molecule has 0 aliphatic rings. The fourth-order valence-electron chi connectivity index (χ4n) is 7.40. The minimum Gasteiger partial charge on any atom is -0.247 e. The van der Waals surface area contributed by atoms with E-state index in [1.165, 1.54) is 31.5 Å². The Kier molecular flexibility index (Phi) is 8.90. The van der Waals surface area contributed by atoms with Crippen molar-refractivity contribution in [1.82, 2.24) is 15.0 Å². The molecule has 0 unspecified atom stereocenters. The number of aromatic nitrogens is 3. The predicted molar refractivity (Wildman–Crippen MR) is 242 cm³/mol. The smallest absolute Gasteiger partial charge is 0.164 e. The van der Waals surface area contributed by atoms with Gasteiger partial charge in [-0.3, -0.25) is 0 Å². The van der Waals surface area contributed by atoms with Gasteiger partial charge in [-0.15, -0.1) is 22.7 Å². The van der Waals surface area contributed by atoms with Crippen LogP contribution < -0.4 is 0 Å². The van der Waals surface area contributed by atoms with Crippen LogP contribution in [0.1, 0.15) is 21.6 Å². The summed E-state index contributed by atoms with van der Waals surface area (Å²) in [5.41, 5.74) is 10.1. The number of aryl methyl sites for hydroxylation is 1. The fourth-order valence-corrected chi connectivity index (χ4v) is 9.83. The summed E-state index contributed by atoms with van der Waals surface area (Å²) in [5.74, 6) is 1.92. The zero-order valence-corrected chi connectivity index (χ0v) is 32.7. The second-order valence-electron chi connectivity index (χ2n) is 13.9. The zero-order valence-electron chi connectivity index (χ0n) is 31.1. The molecule has 0 amide bonds. The summed E-state index contributed by atoms with van der Waals surface area (Å²) in [6.07, 6.45) is 0. The lowest BCUT2D eigenvalue weighted by Gasteiger charge is -2.11. The number of fused-ring (bicyclic) bond motifs is 4. The molecule has 0 atom stereocenters. The number of nitrogens with zero attached hydrogens (tertiary/aromatic N) is 4. The quantitative estimate of drug-likeness (QED) is 0.145. The third kappa shape index (κ3) is 6.55. The molecule has 0 fully saturated rings. The minimum atomic E-state index is 0.635. The molecule has 0 saturated carbocycles. The summed E-state index contributed by atoms with van der Waals surface area (Å²) in [4.78, 5) is 21.5. The van der Waals surface area contributed by atoms with Crippen LogP contribution >= 0.6 is 22.7 Å². The van der Waals surface area contributed by atoms with Gasteiger partial charge in [-0.25, -0.2) is 19.9 Å². The highest BCUT2D eigenvalue weighted by atomic mass is 32.1. The Morgan fingerprint density at radius 2 is 1.00 bits per heavy atom. The number of aliphatic imine (C=N–C) groups is 1. The topological polar surface area (TPSA) is 51.0 Å². The maximum atomic E-state index is 5.42. The molecule has 4 nitrogen and oxygen atoms in total. The standard InChI is InChI=1S/C51H34N4S2/c1-32-40-21-12-13-24-44(40)56-47(32)46(36-27-25-35(26-28-36)34-15-6-3-7-16-34)52-33(2)41-22-14-23-42-43-31-39(29-30-45(43)57-48(41)42)51-54-49(37-17-8-4-9-18-37)53-50(55-51)38-19-10-5-11-20-38/h3-31H,2H2,1H3. The van der Waals surface area contributed by atoms with E-state index >= 15 is 0 Å². The van der Waals surface area contributed by atoms with Gasteiger partial charge in [-0.05, 0) is 53.3 Å². The van der Waals surface area contributed by atoms with E-state index in [1.807, 2.05) is 66.7 Å². The van der Waals surface area contributed by atoms with Crippen molar-refractivity contribution >= 4 is 64.3 Å². The van der Waals surface area contributed by atoms with Crippen molar-refractivity contribution in [3.8, 4) is 45.3 Å². The van der Waals surface area contributed by atoms with Gasteiger partial charge in [0.05, 0.1) is 16.3 Å². The minimum absolute atomic E-state index is 0.635. The molecular formula is C51H34N4S2. The molecule has 3 aromatic heterocycles. The number of hydrogen-bond donors (Lipinski definition) is 0. The molecule has 10 rings (SSSR count). The van der Waals surface area contributed by atoms with Crippen LogP contribution in [0.4, 0.5) is 0 Å². The Hall–Kier alpha value is -6.86. The fraction of sp³-hybridized carbons (Fsp3) is 0.0196. The second kappa shape index (κ2) is 14.7. The van der Waals surface area contributed by atoms with Crippen molar-refractivity contribution in [3.05, 3.63) is 204 Å². The molecule has 0 radical (unpaired) electrons. The Morgan fingerprint density at radius 1 is 0.474 bits per heavy atom. The highest BCUT2D eigenvalue weighted by Gasteiger charge is 2.19. The molecule has 0 aliphatic heterocycles. The van der Waals surface area contributed by atoms with Crippen LogP contribution in [-0.2, 0) is 0 Å². The maximum absolute atomic E-state index is 5.42. The summed E-state index contributed by atoms with van der Waals surface area (Å²) >= 11 is 3.55. The van der Waals surface area contributed by atoms with E-state index < -0.39 is 0 Å². The first-order valence-electron chi connectivity index (χ1n) is 18.8. The van der Waals surface area contributed by atoms with Crippen LogP contribution in [-0.4, -0.2) is 20.7 Å². The van der Waals surface area contributed by atoms with Crippen molar-refractivity contribution in [1.29, 1.82) is 0 Å². The van der Waals surface area contributed by atoms with E-state index in [0.717, 1.165) is 59.6 Å². The van der Waals surface area contributed by atoms with Crippen LogP contribution in [0.3, 0.4) is 0 Å². The van der Waals surface area contributed by atoms with Crippen molar-refractivity contribution in [3.63, 3.8) is 0 Å². The van der Waals surface area contributed by atoms with Gasteiger partial charge in [0.15, 0.2) is 17.5 Å². The Labute approximate surface area is 338 Å². The van der Waals surface area contributed by atoms with Crippen LogP contribution in [0.15, 0.2) is 187 Å². The van der Waals surface area contributed by atoms with Crippen LogP contribution in [0, 0.1) is 6.92 Å². The van der Waals surface area contributed by atoms with Gasteiger partial charge in [-0.2, -0.15) is 0 Å². The van der Waals surface area contributed by atoms with E-state index in [2.05, 4.69) is 123 Å². The molecule has 270 valence electrons. The molecule has 3 heterocycles. The summed E-state index contributed by atoms with van der Waals surface area (Å²) in [6.45, 7) is 6.83. The van der Waals surface area contributed by atoms with E-state index in [4.69, 9.17) is 19.9 Å². The Morgan fingerprint density at radius 3 is 1.65 bits per heavy atom. The first-order chi connectivity index (χ1) is 28.1. The molecule has 10 aromatic rings. The molecule has 0 N–H and O–H groups in total. The van der Waals surface area contributed by atoms with Crippen LogP contribution in [0.5, 0.6) is 0 Å². The van der Waals surface area contributed by atoms with Crippen molar-refractivity contribution in [2.45, 2.75) is 6.92 Å². The average Bonchev–Trinajstić information content (AvgIpc) is 3.83. The van der Waals surface area contributed by atoms with E-state index in [9.17, 15) is 0 Å². The summed E-state index contributed by atoms with van der Waals surface area (Å²) in [5, 5.41) is 3.55. The lowest BCUT2D eigenvalue weighted by Crippen LogP contribution is -2.03. The maximum Gasteiger partial charge on any atom is 0.164 e. The van der Waals surface area contributed by atoms with Crippen molar-refractivity contribution < 1.29 is 0 Å². The third-order valence-corrected chi connectivity index (χ3v) is 12.8. The first kappa shape index (κ1) is 34.6. The van der Waals surface area contributed by atoms with Crippen LogP contribution in [0.25, 0.3) is 81.2 Å². The van der Waals surface area contributed by atoms with Gasteiger partial charge in [0.1, 0.15) is 0 Å². The largest absolute Gasteiger partial charge is 0.247 e. The highest BCUT2D eigenvalue weighted by Crippen LogP contribution is 2.41. The number of hydrogen-bond acceptors (Lipinski definition) is 6.